The normalized spacial score (nSPS) is 10.1. The molecule has 6 heteroatoms. The number of hydrogen-bond acceptors (Lipinski definition) is 4. The number of carboxylic acids is 1. The molecule has 2 rings (SSSR count). The zero-order valence-corrected chi connectivity index (χ0v) is 10.8. The first-order valence-corrected chi connectivity index (χ1v) is 6.48. The molecule has 0 fully saturated rings. The minimum absolute atomic E-state index is 0.129. The van der Waals surface area contributed by atoms with Gasteiger partial charge in [0.15, 0.2) is 0 Å². The van der Waals surface area contributed by atoms with Crippen LogP contribution in [0.15, 0.2) is 36.7 Å². The van der Waals surface area contributed by atoms with E-state index in [9.17, 15) is 9.59 Å². The number of carbonyl (C=O) groups is 2. The molecular weight excluding hydrogens is 264 g/mol. The molecule has 0 atom stereocenters. The van der Waals surface area contributed by atoms with Gasteiger partial charge in [-0.3, -0.25) is 9.78 Å². The Kier molecular flexibility index (Phi) is 4.25. The Hall–Kier alpha value is -2.21. The molecule has 0 aliphatic rings. The van der Waals surface area contributed by atoms with Crippen LogP contribution in [0.5, 0.6) is 0 Å². The van der Waals surface area contributed by atoms with Gasteiger partial charge in [-0.05, 0) is 36.2 Å². The third-order valence-electron chi connectivity index (χ3n) is 2.47. The molecule has 2 heterocycles. The van der Waals surface area contributed by atoms with Gasteiger partial charge in [-0.2, -0.15) is 0 Å². The maximum atomic E-state index is 11.7. The summed E-state index contributed by atoms with van der Waals surface area (Å²) in [6, 6.07) is 6.80. The molecule has 0 aliphatic heterocycles. The molecule has 2 N–H and O–H groups in total. The minimum atomic E-state index is -0.984. The van der Waals surface area contributed by atoms with Crippen molar-refractivity contribution in [2.45, 2.75) is 12.8 Å². The van der Waals surface area contributed by atoms with Crippen LogP contribution in [0.4, 0.5) is 5.00 Å². The summed E-state index contributed by atoms with van der Waals surface area (Å²) in [6.07, 6.45) is 4.35. The van der Waals surface area contributed by atoms with Crippen LogP contribution in [0.3, 0.4) is 0 Å². The first-order chi connectivity index (χ1) is 9.15. The molecule has 0 unspecified atom stereocenters. The second-order valence-electron chi connectivity index (χ2n) is 3.87. The number of anilines is 1. The monoisotopic (exact) mass is 276 g/mol. The summed E-state index contributed by atoms with van der Waals surface area (Å²) in [7, 11) is 0. The summed E-state index contributed by atoms with van der Waals surface area (Å²) in [4.78, 5) is 26.5. The molecule has 0 aliphatic carbocycles. The summed E-state index contributed by atoms with van der Waals surface area (Å²) >= 11 is 1.05. The first-order valence-electron chi connectivity index (χ1n) is 5.67. The largest absolute Gasteiger partial charge is 0.477 e. The lowest BCUT2D eigenvalue weighted by atomic mass is 10.1. The fourth-order valence-electron chi connectivity index (χ4n) is 1.53. The Balaban J connectivity index is 1.85. The van der Waals surface area contributed by atoms with Crippen LogP contribution in [-0.4, -0.2) is 22.0 Å². The van der Waals surface area contributed by atoms with Crippen molar-refractivity contribution in [2.24, 2.45) is 0 Å². The molecule has 0 aromatic carbocycles. The Morgan fingerprint density at radius 2 is 1.95 bits per heavy atom. The van der Waals surface area contributed by atoms with Crippen molar-refractivity contribution < 1.29 is 14.7 Å². The minimum Gasteiger partial charge on any atom is -0.477 e. The van der Waals surface area contributed by atoms with Crippen molar-refractivity contribution in [1.29, 1.82) is 0 Å². The molecule has 0 saturated carbocycles. The van der Waals surface area contributed by atoms with Crippen LogP contribution in [0.25, 0.3) is 0 Å². The molecule has 0 spiro atoms. The lowest BCUT2D eigenvalue weighted by Crippen LogP contribution is -2.11. The molecule has 98 valence electrons. The van der Waals surface area contributed by atoms with E-state index in [0.29, 0.717) is 17.8 Å². The average molecular weight is 276 g/mol. The number of carbonyl (C=O) groups excluding carboxylic acids is 1. The number of thiophene rings is 1. The summed E-state index contributed by atoms with van der Waals surface area (Å²) in [6.45, 7) is 0. The molecule has 0 radical (unpaired) electrons. The highest BCUT2D eigenvalue weighted by Gasteiger charge is 2.09. The average Bonchev–Trinajstić information content (AvgIpc) is 2.86. The zero-order chi connectivity index (χ0) is 13.7. The molecule has 1 amide bonds. The lowest BCUT2D eigenvalue weighted by molar-refractivity contribution is -0.116. The topological polar surface area (TPSA) is 79.3 Å². The number of nitrogens with one attached hydrogen (secondary N) is 1. The van der Waals surface area contributed by atoms with Crippen molar-refractivity contribution in [3.63, 3.8) is 0 Å². The van der Waals surface area contributed by atoms with Gasteiger partial charge in [0.2, 0.25) is 5.91 Å². The third-order valence-corrected chi connectivity index (χ3v) is 3.46. The van der Waals surface area contributed by atoms with Gasteiger partial charge < -0.3 is 10.4 Å². The number of carboxylic acid groups (broad SMARTS) is 1. The molecule has 2 aromatic heterocycles. The molecule has 2 aromatic rings. The van der Waals surface area contributed by atoms with Gasteiger partial charge >= 0.3 is 5.97 Å². The van der Waals surface area contributed by atoms with Crippen LogP contribution in [-0.2, 0) is 11.2 Å². The zero-order valence-electron chi connectivity index (χ0n) is 10.00. The number of aromatic nitrogens is 1. The first kappa shape index (κ1) is 13.2. The van der Waals surface area contributed by atoms with E-state index in [4.69, 9.17) is 5.11 Å². The Morgan fingerprint density at radius 1 is 1.21 bits per heavy atom. The van der Waals surface area contributed by atoms with Crippen LogP contribution in [0.1, 0.15) is 21.7 Å². The fourth-order valence-corrected chi connectivity index (χ4v) is 2.29. The van der Waals surface area contributed by atoms with E-state index in [1.807, 2.05) is 12.1 Å². The maximum Gasteiger partial charge on any atom is 0.345 e. The van der Waals surface area contributed by atoms with E-state index in [1.165, 1.54) is 6.07 Å². The van der Waals surface area contributed by atoms with Crippen LogP contribution >= 0.6 is 11.3 Å². The molecule has 5 nitrogen and oxygen atoms in total. The Bertz CT molecular complexity index is 581. The van der Waals surface area contributed by atoms with Gasteiger partial charge in [0, 0.05) is 18.8 Å². The number of aryl methyl sites for hydroxylation is 1. The van der Waals surface area contributed by atoms with Gasteiger partial charge in [-0.15, -0.1) is 11.3 Å². The second-order valence-corrected chi connectivity index (χ2v) is 4.96. The number of hydrogen-bond donors (Lipinski definition) is 2. The van der Waals surface area contributed by atoms with E-state index < -0.39 is 5.97 Å². The van der Waals surface area contributed by atoms with Crippen molar-refractivity contribution in [2.75, 3.05) is 5.32 Å². The highest BCUT2D eigenvalue weighted by molar-refractivity contribution is 7.18. The molecule has 0 bridgehead atoms. The van der Waals surface area contributed by atoms with Gasteiger partial charge in [0.05, 0.1) is 5.00 Å². The number of nitrogens with zero attached hydrogens (tertiary/aromatic N) is 1. The van der Waals surface area contributed by atoms with Gasteiger partial charge in [-0.25, -0.2) is 4.79 Å². The van der Waals surface area contributed by atoms with Crippen molar-refractivity contribution in [1.82, 2.24) is 4.98 Å². The van der Waals surface area contributed by atoms with E-state index >= 15 is 0 Å². The molecule has 0 saturated heterocycles. The number of aromatic carboxylic acids is 1. The smallest absolute Gasteiger partial charge is 0.345 e. The van der Waals surface area contributed by atoms with E-state index in [-0.39, 0.29) is 10.8 Å². The third kappa shape index (κ3) is 3.89. The van der Waals surface area contributed by atoms with E-state index in [1.54, 1.807) is 18.5 Å². The second kappa shape index (κ2) is 6.10. The van der Waals surface area contributed by atoms with Crippen molar-refractivity contribution in [3.05, 3.63) is 47.1 Å². The van der Waals surface area contributed by atoms with E-state index in [0.717, 1.165) is 16.9 Å². The van der Waals surface area contributed by atoms with Gasteiger partial charge in [0.1, 0.15) is 4.88 Å². The van der Waals surface area contributed by atoms with Crippen LogP contribution in [0, 0.1) is 0 Å². The van der Waals surface area contributed by atoms with E-state index in [2.05, 4.69) is 10.3 Å². The summed E-state index contributed by atoms with van der Waals surface area (Å²) in [5.74, 6) is -1.11. The van der Waals surface area contributed by atoms with Crippen molar-refractivity contribution >= 4 is 28.2 Å². The Labute approximate surface area is 113 Å². The number of pyridine rings is 1. The fraction of sp³-hybridized carbons (Fsp3) is 0.154. The predicted octanol–water partition coefficient (Wildman–Crippen LogP) is 2.41. The highest BCUT2D eigenvalue weighted by Crippen LogP contribution is 2.21. The summed E-state index contributed by atoms with van der Waals surface area (Å²) in [5, 5.41) is 12.0. The Morgan fingerprint density at radius 3 is 2.58 bits per heavy atom. The molecule has 19 heavy (non-hydrogen) atoms. The van der Waals surface area contributed by atoms with Crippen LogP contribution < -0.4 is 5.32 Å². The summed E-state index contributed by atoms with van der Waals surface area (Å²) in [5.41, 5.74) is 1.04. The standard InChI is InChI=1S/C13H12N2O3S/c16-11(3-1-9-5-7-14-8-6-9)15-12-4-2-10(19-12)13(17)18/h2,4-8H,1,3H2,(H,15,16)(H,17,18). The number of rotatable bonds is 5. The predicted molar refractivity (Wildman–Crippen MR) is 72.5 cm³/mol. The maximum absolute atomic E-state index is 11.7. The SMILES string of the molecule is O=C(CCc1ccncc1)Nc1ccc(C(=O)O)s1. The lowest BCUT2D eigenvalue weighted by Gasteiger charge is -2.02. The van der Waals surface area contributed by atoms with Crippen LogP contribution in [0.2, 0.25) is 0 Å². The quantitative estimate of drug-likeness (QED) is 0.879. The number of amides is 1. The van der Waals surface area contributed by atoms with Gasteiger partial charge in [0.25, 0.3) is 0 Å². The molecular formula is C13H12N2O3S. The van der Waals surface area contributed by atoms with Crippen molar-refractivity contribution in [3.8, 4) is 0 Å². The highest BCUT2D eigenvalue weighted by atomic mass is 32.1. The summed E-state index contributed by atoms with van der Waals surface area (Å²) < 4.78 is 0. The van der Waals surface area contributed by atoms with Gasteiger partial charge in [-0.1, -0.05) is 0 Å².